The van der Waals surface area contributed by atoms with E-state index in [4.69, 9.17) is 16.3 Å². The zero-order chi connectivity index (χ0) is 17.1. The molecule has 1 aliphatic rings. The summed E-state index contributed by atoms with van der Waals surface area (Å²) in [5.74, 6) is 0.514. The van der Waals surface area contributed by atoms with Crippen molar-refractivity contribution in [1.82, 2.24) is 15.1 Å². The number of anilines is 1. The van der Waals surface area contributed by atoms with E-state index in [9.17, 15) is 4.79 Å². The predicted molar refractivity (Wildman–Crippen MR) is 101 cm³/mol. The number of hydrogen-bond donors (Lipinski definition) is 2. The molecule has 2 atom stereocenters. The summed E-state index contributed by atoms with van der Waals surface area (Å²) in [6.45, 7) is 3.81. The maximum atomic E-state index is 12.8. The van der Waals surface area contributed by atoms with Crippen LogP contribution in [0.5, 0.6) is 5.75 Å². The summed E-state index contributed by atoms with van der Waals surface area (Å²) in [5.41, 5.74) is 1.71. The number of halogens is 2. The summed E-state index contributed by atoms with van der Waals surface area (Å²) in [6.07, 6.45) is 3.79. The van der Waals surface area contributed by atoms with Crippen LogP contribution in [0.25, 0.3) is 0 Å². The predicted octanol–water partition coefficient (Wildman–Crippen LogP) is 2.84. The molecule has 0 unspecified atom stereocenters. The third kappa shape index (κ3) is 4.45. The molecule has 25 heavy (non-hydrogen) atoms. The van der Waals surface area contributed by atoms with Crippen molar-refractivity contribution in [1.29, 1.82) is 0 Å². The van der Waals surface area contributed by atoms with Crippen molar-refractivity contribution in [2.45, 2.75) is 12.8 Å². The molecule has 2 N–H and O–H groups in total. The van der Waals surface area contributed by atoms with Crippen LogP contribution in [0.15, 0.2) is 30.6 Å². The quantitative estimate of drug-likeness (QED) is 0.831. The first-order valence-corrected chi connectivity index (χ1v) is 8.38. The zero-order valence-corrected chi connectivity index (χ0v) is 15.7. The van der Waals surface area contributed by atoms with Gasteiger partial charge in [0.05, 0.1) is 24.4 Å². The second-order valence-corrected chi connectivity index (χ2v) is 6.32. The molecule has 2 aromatic rings. The van der Waals surface area contributed by atoms with Crippen molar-refractivity contribution in [3.05, 3.63) is 41.2 Å². The molecule has 0 radical (unpaired) electrons. The minimum absolute atomic E-state index is 0. The van der Waals surface area contributed by atoms with Crippen molar-refractivity contribution in [3.8, 4) is 5.75 Å². The molecule has 1 saturated heterocycles. The Morgan fingerprint density at radius 3 is 2.96 bits per heavy atom. The molecule has 0 spiro atoms. The van der Waals surface area contributed by atoms with Crippen molar-refractivity contribution in [2.75, 3.05) is 25.0 Å². The highest BCUT2D eigenvalue weighted by atomic mass is 35.5. The van der Waals surface area contributed by atoms with Crippen LogP contribution in [-0.2, 0) is 11.8 Å². The number of nitrogens with zero attached hydrogens (tertiary/aromatic N) is 2. The van der Waals surface area contributed by atoms with Gasteiger partial charge < -0.3 is 15.4 Å². The minimum atomic E-state index is -0.153. The number of hydrogen-bond acceptors (Lipinski definition) is 4. The summed E-state index contributed by atoms with van der Waals surface area (Å²) in [5, 5.41) is 11.1. The van der Waals surface area contributed by atoms with E-state index in [0.29, 0.717) is 29.6 Å². The van der Waals surface area contributed by atoms with Crippen LogP contribution in [-0.4, -0.2) is 35.4 Å². The van der Waals surface area contributed by atoms with Crippen LogP contribution >= 0.6 is 24.0 Å². The van der Waals surface area contributed by atoms with E-state index >= 15 is 0 Å². The van der Waals surface area contributed by atoms with E-state index in [1.165, 1.54) is 0 Å². The second-order valence-electron chi connectivity index (χ2n) is 5.88. The van der Waals surface area contributed by atoms with E-state index in [2.05, 4.69) is 15.7 Å². The van der Waals surface area contributed by atoms with Crippen molar-refractivity contribution >= 4 is 35.6 Å². The van der Waals surface area contributed by atoms with E-state index in [0.717, 1.165) is 12.1 Å². The molecule has 1 fully saturated rings. The third-order valence-electron chi connectivity index (χ3n) is 4.21. The molecule has 1 amide bonds. The molecule has 0 bridgehead atoms. The molecule has 1 aliphatic heterocycles. The lowest BCUT2D eigenvalue weighted by molar-refractivity contribution is -0.119. The molecule has 0 aliphatic carbocycles. The fraction of sp³-hybridized carbons (Fsp3) is 0.412. The van der Waals surface area contributed by atoms with E-state index in [1.54, 1.807) is 22.9 Å². The third-order valence-corrected chi connectivity index (χ3v) is 4.44. The van der Waals surface area contributed by atoms with Crippen LogP contribution in [0.4, 0.5) is 5.69 Å². The zero-order valence-electron chi connectivity index (χ0n) is 14.2. The molecule has 0 saturated carbocycles. The van der Waals surface area contributed by atoms with Crippen molar-refractivity contribution in [2.24, 2.45) is 13.0 Å². The Morgan fingerprint density at radius 2 is 2.28 bits per heavy atom. The van der Waals surface area contributed by atoms with Gasteiger partial charge in [0.1, 0.15) is 5.75 Å². The molecule has 136 valence electrons. The molecule has 2 heterocycles. The summed E-state index contributed by atoms with van der Waals surface area (Å²) in [4.78, 5) is 12.8. The first-order valence-electron chi connectivity index (χ1n) is 8.01. The average Bonchev–Trinajstić information content (AvgIpc) is 3.18. The number of aromatic nitrogens is 2. The number of carbonyl (C=O) groups is 1. The van der Waals surface area contributed by atoms with Gasteiger partial charge >= 0.3 is 0 Å². The Bertz CT molecular complexity index is 735. The molecule has 1 aromatic carbocycles. The van der Waals surface area contributed by atoms with Gasteiger partial charge in [-0.3, -0.25) is 9.48 Å². The standard InChI is InChI=1S/C17H21ClN4O2.ClH/c1-3-24-16-6-12(18)4-5-15(16)21-17(23)14-9-19-8-13(14)11-7-20-22(2)10-11;/h4-7,10,13-14,19H,3,8-9H2,1-2H3,(H,21,23);1H/t13-,14+;/m1./s1. The van der Waals surface area contributed by atoms with Gasteiger partial charge in [0, 0.05) is 43.3 Å². The average molecular weight is 385 g/mol. The molecule has 3 rings (SSSR count). The summed E-state index contributed by atoms with van der Waals surface area (Å²) in [6, 6.07) is 5.23. The number of carbonyl (C=O) groups excluding carboxylic acids is 1. The Balaban J connectivity index is 0.00000225. The highest BCUT2D eigenvalue weighted by molar-refractivity contribution is 6.30. The normalized spacial score (nSPS) is 19.3. The largest absolute Gasteiger partial charge is 0.492 e. The molecule has 1 aromatic heterocycles. The Morgan fingerprint density at radius 1 is 1.48 bits per heavy atom. The number of aryl methyl sites for hydroxylation is 1. The highest BCUT2D eigenvalue weighted by Gasteiger charge is 2.35. The lowest BCUT2D eigenvalue weighted by Gasteiger charge is -2.18. The van der Waals surface area contributed by atoms with E-state index in [1.807, 2.05) is 26.4 Å². The molecular weight excluding hydrogens is 363 g/mol. The smallest absolute Gasteiger partial charge is 0.229 e. The fourth-order valence-electron chi connectivity index (χ4n) is 3.04. The first kappa shape index (κ1) is 19.6. The lowest BCUT2D eigenvalue weighted by Crippen LogP contribution is -2.28. The van der Waals surface area contributed by atoms with Crippen molar-refractivity contribution < 1.29 is 9.53 Å². The van der Waals surface area contributed by atoms with Crippen LogP contribution < -0.4 is 15.4 Å². The van der Waals surface area contributed by atoms with Crippen LogP contribution in [0.2, 0.25) is 5.02 Å². The van der Waals surface area contributed by atoms with Gasteiger partial charge in [0.2, 0.25) is 5.91 Å². The van der Waals surface area contributed by atoms with Gasteiger partial charge in [-0.1, -0.05) is 11.6 Å². The summed E-state index contributed by atoms with van der Waals surface area (Å²) >= 11 is 6.01. The monoisotopic (exact) mass is 384 g/mol. The van der Waals surface area contributed by atoms with E-state index in [-0.39, 0.29) is 30.2 Å². The summed E-state index contributed by atoms with van der Waals surface area (Å²) < 4.78 is 7.33. The second kappa shape index (κ2) is 8.56. The lowest BCUT2D eigenvalue weighted by atomic mass is 9.90. The number of nitrogens with one attached hydrogen (secondary N) is 2. The molecule has 8 heteroatoms. The minimum Gasteiger partial charge on any atom is -0.492 e. The highest BCUT2D eigenvalue weighted by Crippen LogP contribution is 2.32. The number of ether oxygens (including phenoxy) is 1. The van der Waals surface area contributed by atoms with Gasteiger partial charge in [-0.05, 0) is 24.6 Å². The fourth-order valence-corrected chi connectivity index (χ4v) is 3.20. The first-order chi connectivity index (χ1) is 11.6. The van der Waals surface area contributed by atoms with Gasteiger partial charge in [-0.15, -0.1) is 12.4 Å². The Labute approximate surface area is 158 Å². The van der Waals surface area contributed by atoms with Gasteiger partial charge in [-0.2, -0.15) is 5.10 Å². The summed E-state index contributed by atoms with van der Waals surface area (Å²) in [7, 11) is 1.88. The topological polar surface area (TPSA) is 68.2 Å². The maximum absolute atomic E-state index is 12.8. The number of amides is 1. The Hall–Kier alpha value is -1.76. The van der Waals surface area contributed by atoms with Gasteiger partial charge in [0.15, 0.2) is 0 Å². The van der Waals surface area contributed by atoms with Crippen LogP contribution in [0, 0.1) is 5.92 Å². The number of benzene rings is 1. The van der Waals surface area contributed by atoms with Crippen LogP contribution in [0.1, 0.15) is 18.4 Å². The maximum Gasteiger partial charge on any atom is 0.229 e. The van der Waals surface area contributed by atoms with Gasteiger partial charge in [-0.25, -0.2) is 0 Å². The van der Waals surface area contributed by atoms with Crippen molar-refractivity contribution in [3.63, 3.8) is 0 Å². The SMILES string of the molecule is CCOc1cc(Cl)ccc1NC(=O)[C@H]1CNC[C@@H]1c1cnn(C)c1.Cl. The Kier molecular flexibility index (Phi) is 6.70. The molecule has 6 nitrogen and oxygen atoms in total. The number of rotatable bonds is 5. The van der Waals surface area contributed by atoms with Gasteiger partial charge in [0.25, 0.3) is 0 Å². The molecular formula is C17H22Cl2N4O2. The van der Waals surface area contributed by atoms with E-state index < -0.39 is 0 Å². The van der Waals surface area contributed by atoms with Crippen LogP contribution in [0.3, 0.4) is 0 Å².